The fourth-order valence-corrected chi connectivity index (χ4v) is 1.69. The Hall–Kier alpha value is -1.42. The molecule has 4 nitrogen and oxygen atoms in total. The molecule has 1 aromatic carbocycles. The van der Waals surface area contributed by atoms with E-state index in [0.717, 1.165) is 12.8 Å². The van der Waals surface area contributed by atoms with E-state index in [0.29, 0.717) is 18.3 Å². The monoisotopic (exact) mass is 271 g/mol. The second-order valence-electron chi connectivity index (χ2n) is 4.36. The number of phenolic OH excluding ortho intramolecular Hbond substituents is 2. The Balaban J connectivity index is 2.43. The number of halogens is 1. The van der Waals surface area contributed by atoms with Crippen LogP contribution in [0.3, 0.4) is 0 Å². The number of nitrogens with one attached hydrogen (secondary N) is 1. The molecule has 0 heterocycles. The first-order valence-corrected chi connectivity index (χ1v) is 6.44. The lowest BCUT2D eigenvalue weighted by molar-refractivity contribution is 0.0949. The normalized spacial score (nSPS) is 12.1. The zero-order valence-electron chi connectivity index (χ0n) is 10.3. The van der Waals surface area contributed by atoms with Gasteiger partial charge in [0.2, 0.25) is 0 Å². The van der Waals surface area contributed by atoms with Gasteiger partial charge in [0.15, 0.2) is 0 Å². The van der Waals surface area contributed by atoms with Crippen molar-refractivity contribution in [1.29, 1.82) is 0 Å². The molecule has 1 unspecified atom stereocenters. The quantitative estimate of drug-likeness (QED) is 0.423. The minimum Gasteiger partial charge on any atom is -0.508 e. The van der Waals surface area contributed by atoms with Crippen molar-refractivity contribution in [2.45, 2.75) is 19.8 Å². The van der Waals surface area contributed by atoms with Crippen LogP contribution < -0.4 is 5.32 Å². The molecular weight excluding hydrogens is 254 g/mol. The van der Waals surface area contributed by atoms with Gasteiger partial charge in [0, 0.05) is 12.4 Å². The van der Waals surface area contributed by atoms with E-state index in [1.807, 2.05) is 0 Å². The molecule has 0 spiro atoms. The second kappa shape index (κ2) is 7.11. The van der Waals surface area contributed by atoms with E-state index in [-0.39, 0.29) is 23.0 Å². The first kappa shape index (κ1) is 14.6. The summed E-state index contributed by atoms with van der Waals surface area (Å²) in [6, 6.07) is 3.86. The zero-order valence-corrected chi connectivity index (χ0v) is 11.1. The van der Waals surface area contributed by atoms with E-state index in [9.17, 15) is 15.0 Å². The molecule has 5 heteroatoms. The summed E-state index contributed by atoms with van der Waals surface area (Å²) in [6.45, 7) is 2.57. The zero-order chi connectivity index (χ0) is 13.5. The molecular formula is C13H18ClNO3. The lowest BCUT2D eigenvalue weighted by atomic mass is 10.1. The maximum Gasteiger partial charge on any atom is 0.255 e. The SMILES string of the molecule is CC(CCl)CCCNC(=O)c1cc(O)ccc1O. The molecule has 0 saturated carbocycles. The van der Waals surface area contributed by atoms with Gasteiger partial charge in [-0.3, -0.25) is 4.79 Å². The number of carbonyl (C=O) groups is 1. The lowest BCUT2D eigenvalue weighted by Gasteiger charge is -2.09. The molecule has 0 aromatic heterocycles. The van der Waals surface area contributed by atoms with E-state index in [1.54, 1.807) is 0 Å². The average Bonchev–Trinajstić information content (AvgIpc) is 2.36. The number of hydrogen-bond donors (Lipinski definition) is 3. The summed E-state index contributed by atoms with van der Waals surface area (Å²) in [5, 5.41) is 21.4. The van der Waals surface area contributed by atoms with E-state index in [4.69, 9.17) is 11.6 Å². The van der Waals surface area contributed by atoms with Crippen molar-refractivity contribution in [3.05, 3.63) is 23.8 Å². The second-order valence-corrected chi connectivity index (χ2v) is 4.67. The summed E-state index contributed by atoms with van der Waals surface area (Å²) >= 11 is 5.68. The molecule has 0 aliphatic heterocycles. The number of amides is 1. The van der Waals surface area contributed by atoms with Crippen LogP contribution in [0.5, 0.6) is 11.5 Å². The van der Waals surface area contributed by atoms with Crippen LogP contribution in [0, 0.1) is 5.92 Å². The Morgan fingerprint density at radius 1 is 1.44 bits per heavy atom. The maximum atomic E-state index is 11.7. The highest BCUT2D eigenvalue weighted by Crippen LogP contribution is 2.21. The highest BCUT2D eigenvalue weighted by atomic mass is 35.5. The molecule has 1 aromatic rings. The predicted octanol–water partition coefficient (Wildman–Crippen LogP) is 2.48. The Bertz CT molecular complexity index is 409. The standard InChI is InChI=1S/C13H18ClNO3/c1-9(8-14)3-2-6-15-13(18)11-7-10(16)4-5-12(11)17/h4-5,7,9,16-17H,2-3,6,8H2,1H3,(H,15,18). The summed E-state index contributed by atoms with van der Waals surface area (Å²) in [5.41, 5.74) is 0.0837. The Morgan fingerprint density at radius 2 is 2.17 bits per heavy atom. The van der Waals surface area contributed by atoms with Crippen LogP contribution in [0.15, 0.2) is 18.2 Å². The number of rotatable bonds is 6. The molecule has 100 valence electrons. The van der Waals surface area contributed by atoms with E-state index >= 15 is 0 Å². The summed E-state index contributed by atoms with van der Waals surface area (Å²) in [6.07, 6.45) is 1.77. The van der Waals surface area contributed by atoms with Gasteiger partial charge in [-0.05, 0) is 37.0 Å². The molecule has 0 fully saturated rings. The number of aromatic hydroxyl groups is 2. The first-order valence-electron chi connectivity index (χ1n) is 5.90. The number of alkyl halides is 1. The van der Waals surface area contributed by atoms with Crippen LogP contribution in [0.2, 0.25) is 0 Å². The van der Waals surface area contributed by atoms with Crippen LogP contribution in [-0.2, 0) is 0 Å². The van der Waals surface area contributed by atoms with Gasteiger partial charge in [-0.15, -0.1) is 11.6 Å². The van der Waals surface area contributed by atoms with Crippen LogP contribution in [0.25, 0.3) is 0 Å². The van der Waals surface area contributed by atoms with E-state index in [1.165, 1.54) is 18.2 Å². The third-order valence-corrected chi connectivity index (χ3v) is 3.17. The fourth-order valence-electron chi connectivity index (χ4n) is 1.53. The highest BCUT2D eigenvalue weighted by molar-refractivity contribution is 6.18. The van der Waals surface area contributed by atoms with Gasteiger partial charge in [-0.1, -0.05) is 6.92 Å². The molecule has 1 amide bonds. The summed E-state index contributed by atoms with van der Waals surface area (Å²) in [4.78, 5) is 11.7. The third kappa shape index (κ3) is 4.45. The van der Waals surface area contributed by atoms with Gasteiger partial charge in [0.25, 0.3) is 5.91 Å². The number of phenols is 2. The smallest absolute Gasteiger partial charge is 0.255 e. The van der Waals surface area contributed by atoms with E-state index < -0.39 is 0 Å². The topological polar surface area (TPSA) is 69.6 Å². The Kier molecular flexibility index (Phi) is 5.78. The van der Waals surface area contributed by atoms with Crippen LogP contribution in [0.4, 0.5) is 0 Å². The largest absolute Gasteiger partial charge is 0.508 e. The highest BCUT2D eigenvalue weighted by Gasteiger charge is 2.11. The molecule has 18 heavy (non-hydrogen) atoms. The van der Waals surface area contributed by atoms with Gasteiger partial charge in [0.1, 0.15) is 11.5 Å². The predicted molar refractivity (Wildman–Crippen MR) is 71.2 cm³/mol. The van der Waals surface area contributed by atoms with Crippen LogP contribution >= 0.6 is 11.6 Å². The maximum absolute atomic E-state index is 11.7. The first-order chi connectivity index (χ1) is 8.54. The van der Waals surface area contributed by atoms with Crippen molar-refractivity contribution in [3.8, 4) is 11.5 Å². The van der Waals surface area contributed by atoms with Crippen molar-refractivity contribution in [1.82, 2.24) is 5.32 Å². The number of benzene rings is 1. The van der Waals surface area contributed by atoms with Gasteiger partial charge >= 0.3 is 0 Å². The van der Waals surface area contributed by atoms with Crippen molar-refractivity contribution < 1.29 is 15.0 Å². The van der Waals surface area contributed by atoms with Gasteiger partial charge in [0.05, 0.1) is 5.56 Å². The summed E-state index contributed by atoms with van der Waals surface area (Å²) in [7, 11) is 0. The minimum absolute atomic E-state index is 0.0475. The molecule has 0 bridgehead atoms. The van der Waals surface area contributed by atoms with Crippen molar-refractivity contribution in [3.63, 3.8) is 0 Å². The lowest BCUT2D eigenvalue weighted by Crippen LogP contribution is -2.24. The number of hydrogen-bond acceptors (Lipinski definition) is 3. The molecule has 0 saturated heterocycles. The Morgan fingerprint density at radius 3 is 2.83 bits per heavy atom. The molecule has 0 aliphatic rings. The van der Waals surface area contributed by atoms with Crippen LogP contribution in [-0.4, -0.2) is 28.5 Å². The van der Waals surface area contributed by atoms with Gasteiger partial charge < -0.3 is 15.5 Å². The average molecular weight is 272 g/mol. The number of carbonyl (C=O) groups excluding carboxylic acids is 1. The van der Waals surface area contributed by atoms with Gasteiger partial charge in [-0.25, -0.2) is 0 Å². The van der Waals surface area contributed by atoms with E-state index in [2.05, 4.69) is 12.2 Å². The molecule has 0 radical (unpaired) electrons. The third-order valence-electron chi connectivity index (χ3n) is 2.65. The molecule has 3 N–H and O–H groups in total. The fraction of sp³-hybridized carbons (Fsp3) is 0.462. The molecule has 1 rings (SSSR count). The summed E-state index contributed by atoms with van der Waals surface area (Å²) < 4.78 is 0. The summed E-state index contributed by atoms with van der Waals surface area (Å²) in [5.74, 6) is 0.467. The van der Waals surface area contributed by atoms with Gasteiger partial charge in [-0.2, -0.15) is 0 Å². The minimum atomic E-state index is -0.387. The van der Waals surface area contributed by atoms with Crippen molar-refractivity contribution in [2.24, 2.45) is 5.92 Å². The Labute approximate surface area is 112 Å². The molecule has 0 aliphatic carbocycles. The van der Waals surface area contributed by atoms with Crippen molar-refractivity contribution in [2.75, 3.05) is 12.4 Å². The van der Waals surface area contributed by atoms with Crippen LogP contribution in [0.1, 0.15) is 30.1 Å². The van der Waals surface area contributed by atoms with Crippen molar-refractivity contribution >= 4 is 17.5 Å². The molecule has 1 atom stereocenters.